The van der Waals surface area contributed by atoms with E-state index in [1.165, 1.54) is 4.31 Å². The van der Waals surface area contributed by atoms with E-state index in [1.807, 2.05) is 33.8 Å². The van der Waals surface area contributed by atoms with Crippen LogP contribution in [0.5, 0.6) is 5.75 Å². The van der Waals surface area contributed by atoms with Crippen molar-refractivity contribution in [2.75, 3.05) is 13.2 Å². The summed E-state index contributed by atoms with van der Waals surface area (Å²) < 4.78 is 40.7. The van der Waals surface area contributed by atoms with Crippen LogP contribution in [0, 0.1) is 18.8 Å². The molecule has 4 atom stereocenters. The number of sulfonamides is 1. The van der Waals surface area contributed by atoms with Gasteiger partial charge in [-0.1, -0.05) is 58.0 Å². The quantitative estimate of drug-likeness (QED) is 0.270. The van der Waals surface area contributed by atoms with Crippen molar-refractivity contribution >= 4 is 27.4 Å². The lowest BCUT2D eigenvalue weighted by molar-refractivity contribution is -0.148. The minimum atomic E-state index is -3.78. The highest BCUT2D eigenvalue weighted by Gasteiger charge is 2.35. The normalized spacial score (nSPS) is 21.7. The van der Waals surface area contributed by atoms with Crippen molar-refractivity contribution in [2.45, 2.75) is 97.1 Å². The molecule has 2 aromatic carbocycles. The maximum atomic E-state index is 13.8. The molecule has 0 spiro atoms. The first kappa shape index (κ1) is 31.9. The first-order valence-electron chi connectivity index (χ1n) is 15.2. The molecule has 0 radical (unpaired) electrons. The van der Waals surface area contributed by atoms with Crippen molar-refractivity contribution in [1.29, 1.82) is 0 Å². The van der Waals surface area contributed by atoms with Gasteiger partial charge in [0.15, 0.2) is 0 Å². The zero-order valence-electron chi connectivity index (χ0n) is 25.8. The second-order valence-electron chi connectivity index (χ2n) is 11.5. The first-order chi connectivity index (χ1) is 20.1. The summed E-state index contributed by atoms with van der Waals surface area (Å²) in [5.41, 5.74) is 5.07. The molecule has 228 valence electrons. The summed E-state index contributed by atoms with van der Waals surface area (Å²) >= 11 is 0. The topological polar surface area (TPSA) is 97.6 Å². The van der Waals surface area contributed by atoms with E-state index in [-0.39, 0.29) is 41.9 Å². The molecule has 8 nitrogen and oxygen atoms in total. The molecular formula is C33H45N3O5S. The predicted octanol–water partition coefficient (Wildman–Crippen LogP) is 6.67. The van der Waals surface area contributed by atoms with Crippen molar-refractivity contribution in [3.8, 4) is 5.75 Å². The zero-order valence-corrected chi connectivity index (χ0v) is 26.6. The van der Waals surface area contributed by atoms with Crippen LogP contribution >= 0.6 is 0 Å². The monoisotopic (exact) mass is 595 g/mol. The number of fused-ring (bicyclic) bond motifs is 1. The van der Waals surface area contributed by atoms with E-state index in [1.54, 1.807) is 24.3 Å². The Labute approximate surface area is 251 Å². The molecule has 9 heteroatoms. The molecule has 4 unspecified atom stereocenters. The molecule has 0 fully saturated rings. The van der Waals surface area contributed by atoms with E-state index >= 15 is 0 Å². The summed E-state index contributed by atoms with van der Waals surface area (Å²) in [7, 11) is -3.78. The minimum Gasteiger partial charge on any atom is -0.488 e. The Balaban J connectivity index is 1.65. The highest BCUT2D eigenvalue weighted by atomic mass is 32.2. The first-order valence-corrected chi connectivity index (χ1v) is 16.7. The van der Waals surface area contributed by atoms with Crippen LogP contribution in [-0.4, -0.2) is 49.4 Å². The number of esters is 1. The van der Waals surface area contributed by atoms with Gasteiger partial charge in [0.1, 0.15) is 16.7 Å². The van der Waals surface area contributed by atoms with E-state index in [4.69, 9.17) is 9.47 Å². The second-order valence-corrected chi connectivity index (χ2v) is 13.4. The summed E-state index contributed by atoms with van der Waals surface area (Å²) in [5, 5.41) is 8.96. The van der Waals surface area contributed by atoms with Crippen LogP contribution < -0.4 is 4.74 Å². The van der Waals surface area contributed by atoms with Gasteiger partial charge in [0, 0.05) is 23.9 Å². The van der Waals surface area contributed by atoms with Gasteiger partial charge in [0.2, 0.25) is 10.0 Å². The summed E-state index contributed by atoms with van der Waals surface area (Å²) in [6, 6.07) is 13.0. The average molecular weight is 596 g/mol. The van der Waals surface area contributed by atoms with Gasteiger partial charge >= 0.3 is 5.97 Å². The van der Waals surface area contributed by atoms with E-state index in [2.05, 4.69) is 36.2 Å². The number of rotatable bonds is 11. The van der Waals surface area contributed by atoms with Gasteiger partial charge in [-0.25, -0.2) is 8.42 Å². The van der Waals surface area contributed by atoms with Crippen LogP contribution in [-0.2, 0) is 26.1 Å². The fraction of sp³-hybridized carbons (Fsp3) is 0.545. The Kier molecular flexibility index (Phi) is 10.6. The SMILES string of the molecule is CCOC(=O)C(C)C(CCC1=NN=C(CC)C(C)C1)c1ccc(C)c(CN2CC(CC)Oc3ccccc3S2(=O)=O)c1. The van der Waals surface area contributed by atoms with Crippen LogP contribution in [0.2, 0.25) is 0 Å². The van der Waals surface area contributed by atoms with Crippen LogP contribution in [0.15, 0.2) is 57.6 Å². The van der Waals surface area contributed by atoms with Crippen LogP contribution in [0.25, 0.3) is 0 Å². The molecule has 2 aliphatic rings. The molecule has 4 rings (SSSR count). The van der Waals surface area contributed by atoms with Crippen LogP contribution in [0.1, 0.15) is 89.3 Å². The van der Waals surface area contributed by atoms with Crippen molar-refractivity contribution in [1.82, 2.24) is 4.31 Å². The standard InChI is InChI=1S/C33H45N3O5S/c1-7-28-21-36(42(38,39)32-13-11-10-12-31(32)41-28)20-26-19-25(15-14-22(26)4)29(24(6)33(37)40-9-3)17-16-27-18-23(5)30(8-2)35-34-27/h10-15,19,23-24,28-29H,7-9,16-18,20-21H2,1-6H3. The van der Waals surface area contributed by atoms with Gasteiger partial charge < -0.3 is 9.47 Å². The molecule has 0 aromatic heterocycles. The number of para-hydroxylation sites is 1. The molecule has 0 amide bonds. The summed E-state index contributed by atoms with van der Waals surface area (Å²) in [6.07, 6.45) is 3.65. The molecule has 2 aliphatic heterocycles. The average Bonchev–Trinajstić information content (AvgIpc) is 3.08. The fourth-order valence-corrected chi connectivity index (χ4v) is 7.44. The third-order valence-electron chi connectivity index (χ3n) is 8.57. The van der Waals surface area contributed by atoms with Crippen LogP contribution in [0.3, 0.4) is 0 Å². The second kappa shape index (κ2) is 14.0. The summed E-state index contributed by atoms with van der Waals surface area (Å²) in [5.74, 6) is 0.0427. The van der Waals surface area contributed by atoms with Crippen molar-refractivity contribution in [2.24, 2.45) is 22.0 Å². The number of benzene rings is 2. The molecule has 0 aliphatic carbocycles. The molecule has 0 saturated carbocycles. The van der Waals surface area contributed by atoms with Gasteiger partial charge in [0.25, 0.3) is 0 Å². The molecule has 2 heterocycles. The lowest BCUT2D eigenvalue weighted by atomic mass is 9.81. The summed E-state index contributed by atoms with van der Waals surface area (Å²) in [6.45, 7) is 12.8. The number of carbonyl (C=O) groups excluding carboxylic acids is 1. The third-order valence-corrected chi connectivity index (χ3v) is 10.4. The zero-order chi connectivity index (χ0) is 30.4. The van der Waals surface area contributed by atoms with Gasteiger partial charge in [-0.15, -0.1) is 0 Å². The van der Waals surface area contributed by atoms with Crippen molar-refractivity contribution < 1.29 is 22.7 Å². The van der Waals surface area contributed by atoms with E-state index in [0.29, 0.717) is 31.1 Å². The summed E-state index contributed by atoms with van der Waals surface area (Å²) in [4.78, 5) is 13.1. The largest absolute Gasteiger partial charge is 0.488 e. The molecule has 2 aromatic rings. The Bertz CT molecular complexity index is 1430. The number of carbonyl (C=O) groups is 1. The maximum Gasteiger partial charge on any atom is 0.309 e. The Hall–Kier alpha value is -3.04. The van der Waals surface area contributed by atoms with Crippen molar-refractivity contribution in [3.63, 3.8) is 0 Å². The Morgan fingerprint density at radius 2 is 1.90 bits per heavy atom. The fourth-order valence-electron chi connectivity index (χ4n) is 5.87. The smallest absolute Gasteiger partial charge is 0.309 e. The van der Waals surface area contributed by atoms with Gasteiger partial charge in [-0.2, -0.15) is 14.5 Å². The number of nitrogens with zero attached hydrogens (tertiary/aromatic N) is 3. The van der Waals surface area contributed by atoms with E-state index in [0.717, 1.165) is 47.4 Å². The van der Waals surface area contributed by atoms with Gasteiger partial charge in [0.05, 0.1) is 19.1 Å². The highest BCUT2D eigenvalue weighted by molar-refractivity contribution is 7.89. The van der Waals surface area contributed by atoms with Crippen LogP contribution in [0.4, 0.5) is 0 Å². The number of ether oxygens (including phenoxy) is 2. The molecular weight excluding hydrogens is 550 g/mol. The van der Waals surface area contributed by atoms with E-state index in [9.17, 15) is 13.2 Å². The van der Waals surface area contributed by atoms with Crippen molar-refractivity contribution in [3.05, 3.63) is 59.2 Å². The van der Waals surface area contributed by atoms with Gasteiger partial charge in [-0.3, -0.25) is 4.79 Å². The third kappa shape index (κ3) is 7.11. The highest BCUT2D eigenvalue weighted by Crippen LogP contribution is 2.35. The molecule has 0 bridgehead atoms. The lowest BCUT2D eigenvalue weighted by Gasteiger charge is -2.27. The lowest BCUT2D eigenvalue weighted by Crippen LogP contribution is -2.36. The predicted molar refractivity (Wildman–Crippen MR) is 167 cm³/mol. The molecule has 42 heavy (non-hydrogen) atoms. The number of aryl methyl sites for hydroxylation is 1. The van der Waals surface area contributed by atoms with Gasteiger partial charge in [-0.05, 0) is 80.7 Å². The number of hydrogen-bond acceptors (Lipinski definition) is 7. The number of hydrogen-bond donors (Lipinski definition) is 0. The molecule has 0 saturated heterocycles. The minimum absolute atomic E-state index is 0.119. The maximum absolute atomic E-state index is 13.8. The molecule has 0 N–H and O–H groups in total. The Morgan fingerprint density at radius 1 is 1.14 bits per heavy atom. The Morgan fingerprint density at radius 3 is 2.60 bits per heavy atom. The van der Waals surface area contributed by atoms with E-state index < -0.39 is 10.0 Å².